The second-order valence-electron chi connectivity index (χ2n) is 24.3. The number of fused-ring (bicyclic) bond motifs is 7. The largest absolute Gasteiger partial charge is 0.311 e. The van der Waals surface area contributed by atoms with Crippen molar-refractivity contribution in [2.24, 2.45) is 0 Å². The second kappa shape index (κ2) is 13.5. The van der Waals surface area contributed by atoms with Crippen molar-refractivity contribution in [3.8, 4) is 0 Å². The maximum atomic E-state index is 2.75. The molecule has 3 heterocycles. The van der Waals surface area contributed by atoms with Crippen LogP contribution in [0.1, 0.15) is 136 Å². The molecule has 1 aromatic heterocycles. The maximum Gasteiger partial charge on any atom is 0.264 e. The minimum Gasteiger partial charge on any atom is -0.311 e. The second-order valence-corrected chi connectivity index (χ2v) is 30.5. The van der Waals surface area contributed by atoms with Crippen molar-refractivity contribution >= 4 is 91.2 Å². The Kier molecular flexibility index (Phi) is 9.33. The van der Waals surface area contributed by atoms with Crippen molar-refractivity contribution in [3.05, 3.63) is 118 Å². The van der Waals surface area contributed by atoms with Gasteiger partial charge in [0.15, 0.2) is 0 Å². The summed E-state index contributed by atoms with van der Waals surface area (Å²) in [7, 11) is -1.85. The zero-order chi connectivity index (χ0) is 44.1. The molecule has 0 radical (unpaired) electrons. The van der Waals surface area contributed by atoms with Gasteiger partial charge in [0.05, 0.1) is 13.8 Å². The van der Waals surface area contributed by atoms with Crippen LogP contribution in [0.2, 0.25) is 19.6 Å². The van der Waals surface area contributed by atoms with Crippen LogP contribution in [0.15, 0.2) is 84.9 Å². The van der Waals surface area contributed by atoms with Gasteiger partial charge in [-0.25, -0.2) is 0 Å². The minimum absolute atomic E-state index is 0.00341. The SMILES string of the molecule is Cc1ccc(C(C)(C)C)cc1N1c2cc([Si](C)(C)C)cc3c2B(c2cc(C(C)(C)C)ccc2N3c2ccc(C(C)(C)C)cc2)c2sc3cc4c(cc3c21)C(C)(C)CCC4(C)C. The van der Waals surface area contributed by atoms with Gasteiger partial charge in [0.2, 0.25) is 0 Å². The molecule has 6 aromatic rings. The third kappa shape index (κ3) is 6.78. The van der Waals surface area contributed by atoms with Crippen LogP contribution in [0, 0.1) is 6.92 Å². The number of rotatable bonds is 3. The Balaban J connectivity index is 1.46. The van der Waals surface area contributed by atoms with Crippen LogP contribution in [0.3, 0.4) is 0 Å². The van der Waals surface area contributed by atoms with E-state index in [1.807, 2.05) is 0 Å². The molecule has 1 aliphatic carbocycles. The highest BCUT2D eigenvalue weighted by molar-refractivity contribution is 7.33. The Morgan fingerprint density at radius 1 is 0.574 bits per heavy atom. The zero-order valence-corrected chi connectivity index (χ0v) is 42.2. The summed E-state index contributed by atoms with van der Waals surface area (Å²) in [5.41, 5.74) is 19.6. The first-order valence-corrected chi connectivity index (χ1v) is 27.2. The summed E-state index contributed by atoms with van der Waals surface area (Å²) >= 11 is 2.06. The number of aryl methyl sites for hydroxylation is 1. The molecule has 5 heteroatoms. The summed E-state index contributed by atoms with van der Waals surface area (Å²) in [5.74, 6) is 0. The van der Waals surface area contributed by atoms with Crippen LogP contribution in [0.5, 0.6) is 0 Å². The van der Waals surface area contributed by atoms with Gasteiger partial charge in [-0.2, -0.15) is 0 Å². The molecule has 61 heavy (non-hydrogen) atoms. The molecule has 2 aliphatic heterocycles. The normalized spacial score (nSPS) is 17.0. The molecule has 0 atom stereocenters. The van der Waals surface area contributed by atoms with E-state index in [0.717, 1.165) is 0 Å². The highest BCUT2D eigenvalue weighted by atomic mass is 32.1. The summed E-state index contributed by atoms with van der Waals surface area (Å²) in [5, 5.41) is 2.90. The van der Waals surface area contributed by atoms with Crippen molar-refractivity contribution in [3.63, 3.8) is 0 Å². The van der Waals surface area contributed by atoms with E-state index in [0.29, 0.717) is 0 Å². The number of hydrogen-bond donors (Lipinski definition) is 0. The summed E-state index contributed by atoms with van der Waals surface area (Å²) < 4.78 is 2.88. The van der Waals surface area contributed by atoms with Crippen molar-refractivity contribution in [1.82, 2.24) is 0 Å². The van der Waals surface area contributed by atoms with E-state index in [1.165, 1.54) is 111 Å². The predicted molar refractivity (Wildman–Crippen MR) is 275 cm³/mol. The Bertz CT molecular complexity index is 2760. The minimum atomic E-state index is -1.85. The molecule has 0 saturated heterocycles. The first kappa shape index (κ1) is 42.3. The van der Waals surface area contributed by atoms with Crippen molar-refractivity contribution in [2.75, 3.05) is 9.80 Å². The van der Waals surface area contributed by atoms with Gasteiger partial charge >= 0.3 is 0 Å². The highest BCUT2D eigenvalue weighted by Gasteiger charge is 2.47. The molecule has 5 aromatic carbocycles. The van der Waals surface area contributed by atoms with Crippen LogP contribution in [0.4, 0.5) is 34.1 Å². The monoisotopic (exact) mass is 841 g/mol. The van der Waals surface area contributed by atoms with Crippen molar-refractivity contribution in [2.45, 2.75) is 156 Å². The van der Waals surface area contributed by atoms with Crippen LogP contribution < -0.4 is 30.7 Å². The quantitative estimate of drug-likeness (QED) is 0.164. The third-order valence-corrected chi connectivity index (χ3v) is 17.9. The summed E-state index contributed by atoms with van der Waals surface area (Å²) in [4.78, 5) is 5.39. The molecule has 2 nitrogen and oxygen atoms in total. The number of thiophene rings is 1. The first-order chi connectivity index (χ1) is 28.2. The average Bonchev–Trinajstić information content (AvgIpc) is 3.53. The van der Waals surface area contributed by atoms with Gasteiger partial charge < -0.3 is 9.80 Å². The lowest BCUT2D eigenvalue weighted by Crippen LogP contribution is -2.61. The van der Waals surface area contributed by atoms with Crippen LogP contribution in [-0.2, 0) is 27.1 Å². The molecule has 0 amide bonds. The predicted octanol–water partition coefficient (Wildman–Crippen LogP) is 14.1. The van der Waals surface area contributed by atoms with Crippen LogP contribution in [-0.4, -0.2) is 14.8 Å². The Morgan fingerprint density at radius 2 is 1.10 bits per heavy atom. The fraction of sp³-hybridized carbons (Fsp3) is 0.429. The maximum absolute atomic E-state index is 2.75. The number of hydrogen-bond acceptors (Lipinski definition) is 3. The van der Waals surface area contributed by atoms with E-state index in [4.69, 9.17) is 0 Å². The lowest BCUT2D eigenvalue weighted by atomic mass is 9.36. The summed E-state index contributed by atoms with van der Waals surface area (Å²) in [6, 6.07) is 34.7. The Labute approximate surface area is 373 Å². The molecule has 0 bridgehead atoms. The van der Waals surface area contributed by atoms with E-state index in [1.54, 1.807) is 0 Å². The fourth-order valence-corrected chi connectivity index (χ4v) is 12.9. The Hall–Kier alpha value is -4.06. The fourth-order valence-electron chi connectivity index (χ4n) is 10.4. The van der Waals surface area contributed by atoms with Crippen molar-refractivity contribution < 1.29 is 0 Å². The highest BCUT2D eigenvalue weighted by Crippen LogP contribution is 2.53. The molecule has 0 N–H and O–H groups in total. The summed E-state index contributed by atoms with van der Waals surface area (Å²) in [6.45, 7) is 41.0. The van der Waals surface area contributed by atoms with Gasteiger partial charge in [-0.3, -0.25) is 0 Å². The molecule has 9 rings (SSSR count). The molecule has 0 unspecified atom stereocenters. The van der Waals surface area contributed by atoms with E-state index in [2.05, 4.69) is 223 Å². The molecular weight excluding hydrogens is 772 g/mol. The smallest absolute Gasteiger partial charge is 0.264 e. The van der Waals surface area contributed by atoms with Crippen LogP contribution in [0.25, 0.3) is 10.1 Å². The van der Waals surface area contributed by atoms with Gasteiger partial charge in [0.25, 0.3) is 6.71 Å². The molecular formula is C56H69BN2SSi. The van der Waals surface area contributed by atoms with E-state index >= 15 is 0 Å². The lowest BCUT2D eigenvalue weighted by molar-refractivity contribution is 0.332. The Morgan fingerprint density at radius 3 is 1.67 bits per heavy atom. The van der Waals surface area contributed by atoms with Crippen LogP contribution >= 0.6 is 11.3 Å². The standard InChI is InChI=1S/C56H69BN2SSi/c1-34-18-19-37(54(8,9)10)29-45(34)59-47-31-39(61(15,16)17)30-46-49(47)57(51-50(59)40-32-41-42(33-48(40)60-51)56(13,14)27-26-55(41,11)12)43-28-36(53(5,6)7)22-25-44(43)58(46)38-23-20-35(21-24-38)52(2,3)4/h18-25,28-33H,26-27H2,1-17H3. The number of benzene rings is 5. The van der Waals surface area contributed by atoms with Gasteiger partial charge in [0, 0.05) is 43.3 Å². The molecule has 0 saturated carbocycles. The van der Waals surface area contributed by atoms with Gasteiger partial charge in [-0.1, -0.05) is 151 Å². The lowest BCUT2D eigenvalue weighted by Gasteiger charge is -2.45. The van der Waals surface area contributed by atoms with E-state index < -0.39 is 8.07 Å². The summed E-state index contributed by atoms with van der Waals surface area (Å²) in [6.07, 6.45) is 2.41. The molecule has 0 spiro atoms. The van der Waals surface area contributed by atoms with Gasteiger partial charge in [0.1, 0.15) is 0 Å². The molecule has 3 aliphatic rings. The molecule has 0 fully saturated rings. The van der Waals surface area contributed by atoms with E-state index in [9.17, 15) is 0 Å². The zero-order valence-electron chi connectivity index (χ0n) is 40.4. The van der Waals surface area contributed by atoms with Gasteiger partial charge in [-0.05, 0) is 140 Å². The van der Waals surface area contributed by atoms with Gasteiger partial charge in [-0.15, -0.1) is 11.3 Å². The molecule has 316 valence electrons. The average molecular weight is 841 g/mol. The number of anilines is 6. The third-order valence-electron chi connectivity index (χ3n) is 14.7. The van der Waals surface area contributed by atoms with Crippen molar-refractivity contribution in [1.29, 1.82) is 0 Å². The number of nitrogens with zero attached hydrogens (tertiary/aromatic N) is 2. The topological polar surface area (TPSA) is 6.48 Å². The first-order valence-electron chi connectivity index (χ1n) is 22.9. The van der Waals surface area contributed by atoms with E-state index in [-0.39, 0.29) is 33.8 Å².